The average molecular weight is 269 g/mol. The zero-order chi connectivity index (χ0) is 14.0. The maximum Gasteiger partial charge on any atom is 0.129 e. The number of aliphatic hydroxyl groups is 1. The van der Waals surface area contributed by atoms with E-state index in [1.807, 2.05) is 13.8 Å². The van der Waals surface area contributed by atoms with Gasteiger partial charge < -0.3 is 5.11 Å². The van der Waals surface area contributed by atoms with Gasteiger partial charge in [0.2, 0.25) is 0 Å². The minimum atomic E-state index is -1.04. The van der Waals surface area contributed by atoms with Crippen LogP contribution in [-0.4, -0.2) is 28.6 Å². The van der Waals surface area contributed by atoms with Crippen LogP contribution in [0.1, 0.15) is 44.8 Å². The number of hydrogen-bond donors (Lipinski definition) is 1. The molecule has 0 spiro atoms. The van der Waals surface area contributed by atoms with Gasteiger partial charge in [0.15, 0.2) is 0 Å². The van der Waals surface area contributed by atoms with E-state index in [4.69, 9.17) is 0 Å². The molecule has 1 atom stereocenters. The Morgan fingerprint density at radius 3 is 2.42 bits per heavy atom. The molecular weight excluding hydrogens is 248 g/mol. The second-order valence-corrected chi connectivity index (χ2v) is 5.77. The number of hydrogen-bond acceptors (Lipinski definition) is 2. The van der Waals surface area contributed by atoms with Crippen molar-refractivity contribution < 1.29 is 13.9 Å². The topological polar surface area (TPSA) is 23.5 Å². The molecule has 1 aliphatic rings. The molecule has 106 valence electrons. The van der Waals surface area contributed by atoms with Gasteiger partial charge in [0, 0.05) is 11.1 Å². The Morgan fingerprint density at radius 2 is 1.79 bits per heavy atom. The Kier molecular flexibility index (Phi) is 4.21. The predicted molar refractivity (Wildman–Crippen MR) is 70.8 cm³/mol. The molecule has 0 aliphatic carbocycles. The Bertz CT molecular complexity index is 442. The number of nitrogens with zero attached hydrogens (tertiary/aromatic N) is 1. The zero-order valence-electron chi connectivity index (χ0n) is 11.5. The number of rotatable bonds is 3. The maximum absolute atomic E-state index is 13.8. The third kappa shape index (κ3) is 2.95. The first-order chi connectivity index (χ1) is 8.93. The lowest BCUT2D eigenvalue weighted by molar-refractivity contribution is -0.0226. The summed E-state index contributed by atoms with van der Waals surface area (Å²) in [6, 6.07) is 3.23. The van der Waals surface area contributed by atoms with E-state index >= 15 is 0 Å². The fourth-order valence-electron chi connectivity index (χ4n) is 2.75. The van der Waals surface area contributed by atoms with E-state index in [2.05, 4.69) is 4.90 Å². The van der Waals surface area contributed by atoms with Crippen LogP contribution in [0.2, 0.25) is 0 Å². The van der Waals surface area contributed by atoms with Crippen molar-refractivity contribution in [2.45, 2.75) is 44.8 Å². The smallest absolute Gasteiger partial charge is 0.129 e. The normalized spacial score (nSPS) is 19.4. The molecule has 0 saturated carbocycles. The fraction of sp³-hybridized carbons (Fsp3) is 0.600. The van der Waals surface area contributed by atoms with Gasteiger partial charge in [-0.2, -0.15) is 0 Å². The third-order valence-electron chi connectivity index (χ3n) is 4.09. The number of benzene rings is 1. The van der Waals surface area contributed by atoms with Crippen molar-refractivity contribution in [3.63, 3.8) is 0 Å². The van der Waals surface area contributed by atoms with Crippen LogP contribution in [0.5, 0.6) is 0 Å². The Morgan fingerprint density at radius 1 is 1.16 bits per heavy atom. The summed E-state index contributed by atoms with van der Waals surface area (Å²) >= 11 is 0. The summed E-state index contributed by atoms with van der Waals surface area (Å²) in [4.78, 5) is 2.16. The first-order valence-electron chi connectivity index (χ1n) is 6.81. The lowest BCUT2D eigenvalue weighted by Gasteiger charge is -2.44. The van der Waals surface area contributed by atoms with Crippen molar-refractivity contribution in [2.24, 2.45) is 0 Å². The van der Waals surface area contributed by atoms with Crippen LogP contribution in [-0.2, 0) is 0 Å². The maximum atomic E-state index is 13.8. The van der Waals surface area contributed by atoms with Gasteiger partial charge in [-0.1, -0.05) is 6.42 Å². The number of aliphatic hydroxyl groups excluding tert-OH is 1. The van der Waals surface area contributed by atoms with Crippen LogP contribution >= 0.6 is 0 Å². The highest BCUT2D eigenvalue weighted by Crippen LogP contribution is 2.34. The van der Waals surface area contributed by atoms with Crippen molar-refractivity contribution in [3.8, 4) is 0 Å². The van der Waals surface area contributed by atoms with Crippen LogP contribution in [0, 0.1) is 11.6 Å². The SMILES string of the molecule is CC(C)(C(O)c1cc(F)ccc1F)N1CCCCC1. The highest BCUT2D eigenvalue weighted by Gasteiger charge is 2.37. The Balaban J connectivity index is 2.25. The average Bonchev–Trinajstić information content (AvgIpc) is 2.41. The van der Waals surface area contributed by atoms with E-state index in [9.17, 15) is 13.9 Å². The van der Waals surface area contributed by atoms with Gasteiger partial charge in [-0.15, -0.1) is 0 Å². The molecule has 1 aromatic rings. The molecule has 1 aliphatic heterocycles. The molecule has 4 heteroatoms. The van der Waals surface area contributed by atoms with Gasteiger partial charge in [-0.25, -0.2) is 8.78 Å². The predicted octanol–water partition coefficient (Wildman–Crippen LogP) is 3.26. The lowest BCUT2D eigenvalue weighted by Crippen LogP contribution is -2.50. The monoisotopic (exact) mass is 269 g/mol. The molecule has 2 rings (SSSR count). The first kappa shape index (κ1) is 14.4. The molecule has 2 nitrogen and oxygen atoms in total. The standard InChI is InChI=1S/C15H21F2NO/c1-15(2,18-8-4-3-5-9-18)14(19)12-10-11(16)6-7-13(12)17/h6-7,10,14,19H,3-5,8-9H2,1-2H3. The van der Waals surface area contributed by atoms with E-state index in [0.717, 1.165) is 44.1 Å². The van der Waals surface area contributed by atoms with Crippen molar-refractivity contribution in [3.05, 3.63) is 35.4 Å². The molecule has 0 bridgehead atoms. The summed E-state index contributed by atoms with van der Waals surface area (Å²) in [5.74, 6) is -1.08. The van der Waals surface area contributed by atoms with E-state index in [1.165, 1.54) is 6.42 Å². The molecule has 19 heavy (non-hydrogen) atoms. The van der Waals surface area contributed by atoms with Crippen molar-refractivity contribution >= 4 is 0 Å². The van der Waals surface area contributed by atoms with Gasteiger partial charge in [0.1, 0.15) is 11.6 Å². The van der Waals surface area contributed by atoms with Crippen molar-refractivity contribution in [1.82, 2.24) is 4.90 Å². The molecule has 1 N–H and O–H groups in total. The number of likely N-dealkylation sites (tertiary alicyclic amines) is 1. The van der Waals surface area contributed by atoms with E-state index in [1.54, 1.807) is 0 Å². The summed E-state index contributed by atoms with van der Waals surface area (Å²) in [5, 5.41) is 10.5. The summed E-state index contributed by atoms with van der Waals surface area (Å²) in [5.41, 5.74) is -0.565. The van der Waals surface area contributed by atoms with Crippen LogP contribution < -0.4 is 0 Å². The fourth-order valence-corrected chi connectivity index (χ4v) is 2.75. The molecule has 1 aromatic carbocycles. The third-order valence-corrected chi connectivity index (χ3v) is 4.09. The van der Waals surface area contributed by atoms with Gasteiger partial charge in [0.25, 0.3) is 0 Å². The molecule has 0 amide bonds. The van der Waals surface area contributed by atoms with E-state index < -0.39 is 23.3 Å². The zero-order valence-corrected chi connectivity index (χ0v) is 11.5. The van der Waals surface area contributed by atoms with Gasteiger partial charge in [0.05, 0.1) is 6.10 Å². The van der Waals surface area contributed by atoms with Gasteiger partial charge in [-0.05, 0) is 58.0 Å². The number of piperidine rings is 1. The Hall–Kier alpha value is -1.00. The number of halogens is 2. The van der Waals surface area contributed by atoms with Crippen LogP contribution in [0.25, 0.3) is 0 Å². The minimum absolute atomic E-state index is 0.0376. The van der Waals surface area contributed by atoms with E-state index in [0.29, 0.717) is 0 Å². The quantitative estimate of drug-likeness (QED) is 0.910. The van der Waals surface area contributed by atoms with Crippen LogP contribution in [0.4, 0.5) is 8.78 Å². The van der Waals surface area contributed by atoms with Gasteiger partial charge in [-0.3, -0.25) is 4.90 Å². The molecule has 1 unspecified atom stereocenters. The summed E-state index contributed by atoms with van der Waals surface area (Å²) in [6.45, 7) is 5.54. The van der Waals surface area contributed by atoms with Crippen molar-refractivity contribution in [1.29, 1.82) is 0 Å². The largest absolute Gasteiger partial charge is 0.386 e. The summed E-state index contributed by atoms with van der Waals surface area (Å²) in [7, 11) is 0. The van der Waals surface area contributed by atoms with Crippen molar-refractivity contribution in [2.75, 3.05) is 13.1 Å². The molecule has 0 aromatic heterocycles. The highest BCUT2D eigenvalue weighted by molar-refractivity contribution is 5.24. The summed E-state index contributed by atoms with van der Waals surface area (Å²) in [6.07, 6.45) is 2.32. The Labute approximate surface area is 113 Å². The lowest BCUT2D eigenvalue weighted by atomic mass is 9.87. The second-order valence-electron chi connectivity index (χ2n) is 5.77. The van der Waals surface area contributed by atoms with E-state index in [-0.39, 0.29) is 5.56 Å². The molecule has 1 heterocycles. The highest BCUT2D eigenvalue weighted by atomic mass is 19.1. The molecule has 1 saturated heterocycles. The minimum Gasteiger partial charge on any atom is -0.386 e. The summed E-state index contributed by atoms with van der Waals surface area (Å²) < 4.78 is 27.0. The molecule has 0 radical (unpaired) electrons. The molecule has 1 fully saturated rings. The van der Waals surface area contributed by atoms with Gasteiger partial charge >= 0.3 is 0 Å². The second kappa shape index (κ2) is 5.55. The molecular formula is C15H21F2NO. The van der Waals surface area contributed by atoms with Crippen LogP contribution in [0.3, 0.4) is 0 Å². The van der Waals surface area contributed by atoms with Crippen LogP contribution in [0.15, 0.2) is 18.2 Å². The first-order valence-corrected chi connectivity index (χ1v) is 6.81.